The van der Waals surface area contributed by atoms with E-state index in [-0.39, 0.29) is 19.4 Å². The summed E-state index contributed by atoms with van der Waals surface area (Å²) in [5, 5.41) is 10.2. The molecule has 8 heteroatoms. The molecule has 1 N–H and O–H groups in total. The SMILES string of the molecule is COc1cc2c(c(CO)c1OC)C[C@H]1c3c(c(OC)c4c(c3OC)OCO4)CCN1C2. The molecule has 0 radical (unpaired) electrons. The average Bonchev–Trinajstić information content (AvgIpc) is 3.29. The van der Waals surface area contributed by atoms with Gasteiger partial charge >= 0.3 is 0 Å². The highest BCUT2D eigenvalue weighted by Crippen LogP contribution is 2.57. The monoisotopic (exact) mass is 429 g/mol. The van der Waals surface area contributed by atoms with Crippen LogP contribution in [0.1, 0.15) is 33.9 Å². The van der Waals surface area contributed by atoms with Crippen molar-refractivity contribution < 1.29 is 33.5 Å². The molecule has 0 aromatic heterocycles. The van der Waals surface area contributed by atoms with Crippen molar-refractivity contribution >= 4 is 0 Å². The van der Waals surface area contributed by atoms with Crippen LogP contribution in [-0.4, -0.2) is 51.8 Å². The molecule has 3 aliphatic heterocycles. The number of benzene rings is 2. The van der Waals surface area contributed by atoms with Gasteiger partial charge < -0.3 is 33.5 Å². The Kier molecular flexibility index (Phi) is 4.98. The summed E-state index contributed by atoms with van der Waals surface area (Å²) in [5.41, 5.74) is 5.18. The normalized spacial score (nSPS) is 18.7. The molecule has 0 fully saturated rings. The van der Waals surface area contributed by atoms with Crippen molar-refractivity contribution in [3.8, 4) is 34.5 Å². The molecule has 0 amide bonds. The topological polar surface area (TPSA) is 78.9 Å². The van der Waals surface area contributed by atoms with Crippen LogP contribution in [0.2, 0.25) is 0 Å². The zero-order valence-corrected chi connectivity index (χ0v) is 18.2. The van der Waals surface area contributed by atoms with Crippen LogP contribution in [-0.2, 0) is 26.0 Å². The van der Waals surface area contributed by atoms with Gasteiger partial charge in [0.05, 0.1) is 35.0 Å². The summed E-state index contributed by atoms with van der Waals surface area (Å²) in [6.45, 7) is 1.64. The first-order valence-corrected chi connectivity index (χ1v) is 10.3. The van der Waals surface area contributed by atoms with E-state index in [9.17, 15) is 5.11 Å². The number of hydrogen-bond donors (Lipinski definition) is 1. The first kappa shape index (κ1) is 20.1. The minimum Gasteiger partial charge on any atom is -0.493 e. The molecule has 3 aliphatic rings. The third-order valence-electron chi connectivity index (χ3n) is 6.61. The number of fused-ring (bicyclic) bond motifs is 5. The van der Waals surface area contributed by atoms with E-state index in [4.69, 9.17) is 28.4 Å². The number of methoxy groups -OCH3 is 4. The van der Waals surface area contributed by atoms with Crippen LogP contribution in [0.25, 0.3) is 0 Å². The maximum atomic E-state index is 10.2. The second-order valence-corrected chi connectivity index (χ2v) is 7.85. The lowest BCUT2D eigenvalue weighted by Gasteiger charge is -2.43. The Balaban J connectivity index is 1.69. The highest BCUT2D eigenvalue weighted by atomic mass is 16.7. The van der Waals surface area contributed by atoms with E-state index in [1.54, 1.807) is 28.4 Å². The molecule has 31 heavy (non-hydrogen) atoms. The molecule has 0 bridgehead atoms. The summed E-state index contributed by atoms with van der Waals surface area (Å²) < 4.78 is 34.2. The van der Waals surface area contributed by atoms with Gasteiger partial charge in [0.25, 0.3) is 0 Å². The van der Waals surface area contributed by atoms with Crippen LogP contribution in [0.5, 0.6) is 34.5 Å². The van der Waals surface area contributed by atoms with Crippen molar-refractivity contribution in [1.82, 2.24) is 4.90 Å². The molecule has 5 rings (SSSR count). The van der Waals surface area contributed by atoms with Crippen molar-refractivity contribution in [2.75, 3.05) is 41.8 Å². The van der Waals surface area contributed by atoms with E-state index in [1.165, 1.54) is 0 Å². The van der Waals surface area contributed by atoms with E-state index in [0.29, 0.717) is 35.2 Å². The molecule has 0 saturated carbocycles. The quantitative estimate of drug-likeness (QED) is 0.777. The van der Waals surface area contributed by atoms with Crippen molar-refractivity contribution in [1.29, 1.82) is 0 Å². The zero-order valence-electron chi connectivity index (χ0n) is 18.2. The van der Waals surface area contributed by atoms with Gasteiger partial charge in [-0.2, -0.15) is 0 Å². The maximum absolute atomic E-state index is 10.2. The van der Waals surface area contributed by atoms with Crippen LogP contribution < -0.4 is 28.4 Å². The van der Waals surface area contributed by atoms with E-state index < -0.39 is 0 Å². The molecule has 2 aromatic carbocycles. The highest BCUT2D eigenvalue weighted by Gasteiger charge is 2.41. The maximum Gasteiger partial charge on any atom is 0.231 e. The van der Waals surface area contributed by atoms with Crippen LogP contribution in [0.3, 0.4) is 0 Å². The molecule has 1 atom stereocenters. The fraction of sp³-hybridized carbons (Fsp3) is 0.478. The molecule has 3 heterocycles. The molecule has 0 unspecified atom stereocenters. The minimum absolute atomic E-state index is 0.0537. The molecule has 0 spiro atoms. The fourth-order valence-electron chi connectivity index (χ4n) is 5.31. The van der Waals surface area contributed by atoms with E-state index in [2.05, 4.69) is 4.90 Å². The number of aliphatic hydroxyl groups excluding tert-OH is 1. The number of hydrogen-bond acceptors (Lipinski definition) is 8. The van der Waals surface area contributed by atoms with E-state index in [0.717, 1.165) is 53.1 Å². The van der Waals surface area contributed by atoms with E-state index in [1.807, 2.05) is 6.07 Å². The molecule has 8 nitrogen and oxygen atoms in total. The van der Waals surface area contributed by atoms with Gasteiger partial charge in [0.15, 0.2) is 23.0 Å². The average molecular weight is 429 g/mol. The molecule has 0 aliphatic carbocycles. The first-order chi connectivity index (χ1) is 15.2. The van der Waals surface area contributed by atoms with Crippen LogP contribution in [0.15, 0.2) is 6.07 Å². The summed E-state index contributed by atoms with van der Waals surface area (Å²) in [4.78, 5) is 2.43. The van der Waals surface area contributed by atoms with Gasteiger partial charge in [0, 0.05) is 35.8 Å². The van der Waals surface area contributed by atoms with Gasteiger partial charge in [-0.15, -0.1) is 0 Å². The van der Waals surface area contributed by atoms with Gasteiger partial charge in [-0.25, -0.2) is 0 Å². The van der Waals surface area contributed by atoms with Gasteiger partial charge in [-0.1, -0.05) is 0 Å². The van der Waals surface area contributed by atoms with Crippen molar-refractivity contribution in [2.24, 2.45) is 0 Å². The minimum atomic E-state index is -0.121. The highest BCUT2D eigenvalue weighted by molar-refractivity contribution is 5.70. The Morgan fingerprint density at radius 1 is 0.968 bits per heavy atom. The third-order valence-corrected chi connectivity index (χ3v) is 6.61. The molecule has 2 aromatic rings. The lowest BCUT2D eigenvalue weighted by molar-refractivity contribution is 0.152. The smallest absolute Gasteiger partial charge is 0.231 e. The number of aliphatic hydroxyl groups is 1. The zero-order chi connectivity index (χ0) is 21.7. The molecule has 0 saturated heterocycles. The molecular weight excluding hydrogens is 402 g/mol. The molecule has 166 valence electrons. The van der Waals surface area contributed by atoms with Gasteiger partial charge in [-0.3, -0.25) is 4.90 Å². The van der Waals surface area contributed by atoms with Gasteiger partial charge in [0.1, 0.15) is 0 Å². The van der Waals surface area contributed by atoms with Gasteiger partial charge in [-0.05, 0) is 30.0 Å². The predicted molar refractivity (Wildman–Crippen MR) is 112 cm³/mol. The summed E-state index contributed by atoms with van der Waals surface area (Å²) in [5.74, 6) is 3.87. The predicted octanol–water partition coefficient (Wildman–Crippen LogP) is 2.60. The Morgan fingerprint density at radius 3 is 2.32 bits per heavy atom. The second kappa shape index (κ2) is 7.69. The van der Waals surface area contributed by atoms with Gasteiger partial charge in [0.2, 0.25) is 18.3 Å². The van der Waals surface area contributed by atoms with Crippen molar-refractivity contribution in [3.05, 3.63) is 33.9 Å². The summed E-state index contributed by atoms with van der Waals surface area (Å²) >= 11 is 0. The van der Waals surface area contributed by atoms with Crippen LogP contribution in [0, 0.1) is 0 Å². The van der Waals surface area contributed by atoms with Crippen LogP contribution >= 0.6 is 0 Å². The third kappa shape index (κ3) is 2.81. The van der Waals surface area contributed by atoms with Crippen molar-refractivity contribution in [3.63, 3.8) is 0 Å². The Morgan fingerprint density at radius 2 is 1.68 bits per heavy atom. The number of ether oxygens (including phenoxy) is 6. The summed E-state index contributed by atoms with van der Waals surface area (Å²) in [6.07, 6.45) is 1.52. The largest absolute Gasteiger partial charge is 0.493 e. The number of rotatable bonds is 5. The Bertz CT molecular complexity index is 1040. The van der Waals surface area contributed by atoms with Crippen molar-refractivity contribution in [2.45, 2.75) is 32.0 Å². The summed E-state index contributed by atoms with van der Waals surface area (Å²) in [6, 6.07) is 2.08. The standard InChI is InChI=1S/C23H27NO7/c1-26-17-7-12-9-24-6-5-13-18(16(24)8-14(12)15(10-25)19(17)27-2)21(29-4)23-22(20(13)28-3)30-11-31-23/h7,16,25H,5-6,8-11H2,1-4H3/t16-/m0/s1. The molecular formula is C23H27NO7. The Hall–Kier alpha value is -2.84. The van der Waals surface area contributed by atoms with Crippen LogP contribution in [0.4, 0.5) is 0 Å². The second-order valence-electron chi connectivity index (χ2n) is 7.85. The lowest BCUT2D eigenvalue weighted by atomic mass is 9.81. The Labute approximate surface area is 181 Å². The van der Waals surface area contributed by atoms with E-state index >= 15 is 0 Å². The first-order valence-electron chi connectivity index (χ1n) is 10.3. The number of nitrogens with zero attached hydrogens (tertiary/aromatic N) is 1. The summed E-state index contributed by atoms with van der Waals surface area (Å²) in [7, 11) is 6.54. The fourth-order valence-corrected chi connectivity index (χ4v) is 5.31. The lowest BCUT2D eigenvalue weighted by Crippen LogP contribution is -2.40.